The Morgan fingerprint density at radius 2 is 2.25 bits per heavy atom. The van der Waals surface area contributed by atoms with E-state index in [1.54, 1.807) is 0 Å². The maximum absolute atomic E-state index is 10.8. The van der Waals surface area contributed by atoms with Crippen molar-refractivity contribution in [2.45, 2.75) is 26.8 Å². The number of aromatic nitrogens is 2. The highest BCUT2D eigenvalue weighted by molar-refractivity contribution is 5.85. The maximum atomic E-state index is 10.8. The molecule has 0 saturated heterocycles. The molecule has 1 aromatic heterocycles. The van der Waals surface area contributed by atoms with Gasteiger partial charge in [0.2, 0.25) is 5.91 Å². The van der Waals surface area contributed by atoms with E-state index in [0.29, 0.717) is 6.54 Å². The monoisotopic (exact) mass is 246 g/mol. The molecular weight excluding hydrogens is 228 g/mol. The van der Waals surface area contributed by atoms with Crippen molar-refractivity contribution >= 4 is 18.3 Å². The number of nitrogens with two attached hydrogens (primary N) is 1. The summed E-state index contributed by atoms with van der Waals surface area (Å²) in [6.45, 7) is 5.52. The van der Waals surface area contributed by atoms with E-state index in [1.807, 2.05) is 24.6 Å². The zero-order valence-corrected chi connectivity index (χ0v) is 10.5. The molecule has 0 aliphatic carbocycles. The van der Waals surface area contributed by atoms with Gasteiger partial charge in [0.05, 0.1) is 12.2 Å². The van der Waals surface area contributed by atoms with Crippen molar-refractivity contribution in [2.24, 2.45) is 5.73 Å². The van der Waals surface area contributed by atoms with Crippen LogP contribution in [0.1, 0.15) is 17.8 Å². The normalized spacial score (nSPS) is 9.69. The second kappa shape index (κ2) is 7.24. The number of rotatable bonds is 5. The van der Waals surface area contributed by atoms with Gasteiger partial charge >= 0.3 is 0 Å². The molecule has 0 radical (unpaired) electrons. The van der Waals surface area contributed by atoms with Crippen molar-refractivity contribution < 1.29 is 4.79 Å². The number of hydrogen-bond donors (Lipinski definition) is 2. The lowest BCUT2D eigenvalue weighted by Crippen LogP contribution is -2.31. The molecule has 1 rings (SSSR count). The highest BCUT2D eigenvalue weighted by atomic mass is 35.5. The lowest BCUT2D eigenvalue weighted by atomic mass is 10.4. The summed E-state index contributed by atoms with van der Waals surface area (Å²) in [6.07, 6.45) is 0.869. The molecule has 0 aliphatic rings. The molecule has 6 heteroatoms. The van der Waals surface area contributed by atoms with Gasteiger partial charge in [0, 0.05) is 18.8 Å². The fraction of sp³-hybridized carbons (Fsp3) is 0.600. The summed E-state index contributed by atoms with van der Waals surface area (Å²) in [4.78, 5) is 10.8. The third kappa shape index (κ3) is 4.63. The molecule has 5 nitrogen and oxygen atoms in total. The standard InChI is InChI=1S/C10H18N4O.ClH/c1-8-6-9(2)14(13-8)5-3-4-12-10(15)7-11;/h6H,3-5,7,11H2,1-2H3,(H,12,15);1H. The van der Waals surface area contributed by atoms with Crippen LogP contribution in [-0.2, 0) is 11.3 Å². The first kappa shape index (κ1) is 14.9. The fourth-order valence-electron chi connectivity index (χ4n) is 1.43. The molecular formula is C10H19ClN4O. The minimum atomic E-state index is -0.108. The second-order valence-corrected chi connectivity index (χ2v) is 3.56. The van der Waals surface area contributed by atoms with Crippen molar-refractivity contribution in [3.8, 4) is 0 Å². The van der Waals surface area contributed by atoms with E-state index in [0.717, 1.165) is 24.4 Å². The van der Waals surface area contributed by atoms with Crippen LogP contribution in [0.2, 0.25) is 0 Å². The largest absolute Gasteiger partial charge is 0.355 e. The van der Waals surface area contributed by atoms with Gasteiger partial charge in [-0.15, -0.1) is 12.4 Å². The lowest BCUT2D eigenvalue weighted by Gasteiger charge is -2.05. The summed E-state index contributed by atoms with van der Waals surface area (Å²) < 4.78 is 1.95. The smallest absolute Gasteiger partial charge is 0.233 e. The van der Waals surface area contributed by atoms with E-state index in [1.165, 1.54) is 0 Å². The number of nitrogens with one attached hydrogen (secondary N) is 1. The zero-order chi connectivity index (χ0) is 11.3. The Labute approximate surface area is 102 Å². The van der Waals surface area contributed by atoms with Gasteiger partial charge in [-0.05, 0) is 26.3 Å². The molecule has 0 aliphatic heterocycles. The van der Waals surface area contributed by atoms with Crippen LogP contribution in [0.4, 0.5) is 0 Å². The predicted octanol–water partition coefficient (Wildman–Crippen LogP) is 0.387. The number of carbonyl (C=O) groups excluding carboxylic acids is 1. The molecule has 0 unspecified atom stereocenters. The number of nitrogens with zero attached hydrogens (tertiary/aromatic N) is 2. The van der Waals surface area contributed by atoms with Gasteiger partial charge in [-0.3, -0.25) is 9.48 Å². The molecule has 92 valence electrons. The van der Waals surface area contributed by atoms with Crippen molar-refractivity contribution in [3.05, 3.63) is 17.5 Å². The van der Waals surface area contributed by atoms with Gasteiger partial charge in [0.15, 0.2) is 0 Å². The van der Waals surface area contributed by atoms with Crippen LogP contribution in [0.25, 0.3) is 0 Å². The number of hydrogen-bond acceptors (Lipinski definition) is 3. The molecule has 0 aromatic carbocycles. The summed E-state index contributed by atoms with van der Waals surface area (Å²) in [5.74, 6) is -0.108. The number of halogens is 1. The van der Waals surface area contributed by atoms with Gasteiger partial charge in [-0.25, -0.2) is 0 Å². The Morgan fingerprint density at radius 1 is 1.56 bits per heavy atom. The minimum Gasteiger partial charge on any atom is -0.355 e. The molecule has 1 heterocycles. The van der Waals surface area contributed by atoms with Crippen molar-refractivity contribution in [1.29, 1.82) is 0 Å². The lowest BCUT2D eigenvalue weighted by molar-refractivity contribution is -0.119. The first-order valence-corrected chi connectivity index (χ1v) is 5.11. The molecule has 0 spiro atoms. The zero-order valence-electron chi connectivity index (χ0n) is 9.69. The average Bonchev–Trinajstić information content (AvgIpc) is 2.52. The first-order valence-electron chi connectivity index (χ1n) is 5.11. The van der Waals surface area contributed by atoms with Crippen molar-refractivity contribution in [3.63, 3.8) is 0 Å². The Hall–Kier alpha value is -1.07. The molecule has 0 bridgehead atoms. The molecule has 0 atom stereocenters. The maximum Gasteiger partial charge on any atom is 0.233 e. The average molecular weight is 247 g/mol. The van der Waals surface area contributed by atoms with Crippen LogP contribution in [-0.4, -0.2) is 28.8 Å². The minimum absolute atomic E-state index is 0. The van der Waals surface area contributed by atoms with E-state index in [2.05, 4.69) is 10.4 Å². The summed E-state index contributed by atoms with van der Waals surface area (Å²) in [7, 11) is 0. The van der Waals surface area contributed by atoms with E-state index in [4.69, 9.17) is 5.73 Å². The molecule has 0 fully saturated rings. The van der Waals surface area contributed by atoms with Gasteiger partial charge < -0.3 is 11.1 Å². The van der Waals surface area contributed by atoms with Crippen LogP contribution < -0.4 is 11.1 Å². The summed E-state index contributed by atoms with van der Waals surface area (Å²) in [6, 6.07) is 2.04. The van der Waals surface area contributed by atoms with Gasteiger partial charge in [-0.1, -0.05) is 0 Å². The number of amides is 1. The van der Waals surface area contributed by atoms with Crippen molar-refractivity contribution in [2.75, 3.05) is 13.1 Å². The van der Waals surface area contributed by atoms with Crippen molar-refractivity contribution in [1.82, 2.24) is 15.1 Å². The Kier molecular flexibility index (Phi) is 6.76. The van der Waals surface area contributed by atoms with Crippen LogP contribution in [0.5, 0.6) is 0 Å². The molecule has 16 heavy (non-hydrogen) atoms. The SMILES string of the molecule is Cc1cc(C)n(CCCNC(=O)CN)n1.Cl. The van der Waals surface area contributed by atoms with Gasteiger partial charge in [-0.2, -0.15) is 5.10 Å². The Morgan fingerprint density at radius 3 is 2.75 bits per heavy atom. The van der Waals surface area contributed by atoms with Gasteiger partial charge in [0.25, 0.3) is 0 Å². The Bertz CT molecular complexity index is 338. The molecule has 1 amide bonds. The third-order valence-electron chi connectivity index (χ3n) is 2.16. The van der Waals surface area contributed by atoms with Crippen LogP contribution in [0.3, 0.4) is 0 Å². The topological polar surface area (TPSA) is 72.9 Å². The van der Waals surface area contributed by atoms with Crippen LogP contribution >= 0.6 is 12.4 Å². The molecule has 0 saturated carbocycles. The highest BCUT2D eigenvalue weighted by Crippen LogP contribution is 2.01. The molecule has 1 aromatic rings. The third-order valence-corrected chi connectivity index (χ3v) is 2.16. The van der Waals surface area contributed by atoms with Crippen LogP contribution in [0, 0.1) is 13.8 Å². The summed E-state index contributed by atoms with van der Waals surface area (Å²) >= 11 is 0. The Balaban J connectivity index is 0.00000225. The second-order valence-electron chi connectivity index (χ2n) is 3.56. The van der Waals surface area contributed by atoms with E-state index in [9.17, 15) is 4.79 Å². The first-order chi connectivity index (χ1) is 7.13. The number of carbonyl (C=O) groups is 1. The highest BCUT2D eigenvalue weighted by Gasteiger charge is 2.00. The fourth-order valence-corrected chi connectivity index (χ4v) is 1.43. The van der Waals surface area contributed by atoms with E-state index in [-0.39, 0.29) is 24.9 Å². The van der Waals surface area contributed by atoms with Crippen LogP contribution in [0.15, 0.2) is 6.07 Å². The summed E-state index contributed by atoms with van der Waals surface area (Å²) in [5, 5.41) is 7.05. The quantitative estimate of drug-likeness (QED) is 0.738. The summed E-state index contributed by atoms with van der Waals surface area (Å²) in [5.41, 5.74) is 7.34. The number of aryl methyl sites for hydroxylation is 3. The van der Waals surface area contributed by atoms with Gasteiger partial charge in [0.1, 0.15) is 0 Å². The van der Waals surface area contributed by atoms with E-state index < -0.39 is 0 Å². The van der Waals surface area contributed by atoms with E-state index >= 15 is 0 Å². The predicted molar refractivity (Wildman–Crippen MR) is 65.6 cm³/mol. The molecule has 3 N–H and O–H groups in total.